The van der Waals surface area contributed by atoms with E-state index in [-0.39, 0.29) is 29.1 Å². The van der Waals surface area contributed by atoms with E-state index < -0.39 is 0 Å². The summed E-state index contributed by atoms with van der Waals surface area (Å²) in [6.07, 6.45) is 15.0. The number of carbonyl (C=O) groups is 1. The van der Waals surface area contributed by atoms with Gasteiger partial charge >= 0.3 is 6.09 Å². The molecule has 5 saturated carbocycles. The first kappa shape index (κ1) is 27.7. The molecule has 0 heterocycles. The van der Waals surface area contributed by atoms with Crippen LogP contribution in [0.1, 0.15) is 118 Å². The van der Waals surface area contributed by atoms with E-state index >= 15 is 0 Å². The Morgan fingerprint density at radius 1 is 0.946 bits per heavy atom. The molecular formula is C32H55NO4. The predicted molar refractivity (Wildman–Crippen MR) is 147 cm³/mol. The van der Waals surface area contributed by atoms with Crippen LogP contribution >= 0.6 is 0 Å². The fraction of sp³-hybridized carbons (Fsp3) is 0.969. The molecule has 1 unspecified atom stereocenters. The van der Waals surface area contributed by atoms with E-state index in [1.165, 1.54) is 44.9 Å². The smallest absolute Gasteiger partial charge is 0.407 e. The Bertz CT molecular complexity index is 798. The fourth-order valence-electron chi connectivity index (χ4n) is 10.9. The van der Waals surface area contributed by atoms with Crippen molar-refractivity contribution in [3.8, 4) is 0 Å². The van der Waals surface area contributed by atoms with Crippen LogP contribution in [0.3, 0.4) is 0 Å². The molecule has 5 heteroatoms. The average Bonchev–Trinajstić information content (AvgIpc) is 3.23. The number of hydrogen-bond acceptors (Lipinski definition) is 4. The summed E-state index contributed by atoms with van der Waals surface area (Å²) in [4.78, 5) is 12.3. The third kappa shape index (κ3) is 4.98. The minimum absolute atomic E-state index is 0.187. The van der Waals surface area contributed by atoms with E-state index in [0.717, 1.165) is 44.9 Å². The highest BCUT2D eigenvalue weighted by Gasteiger charge is 2.64. The molecule has 0 aromatic rings. The molecule has 1 amide bonds. The molecule has 0 aromatic heterocycles. The molecule has 5 fully saturated rings. The molecule has 212 valence electrons. The molecule has 3 N–H and O–H groups in total. The molecule has 0 saturated heterocycles. The molecule has 5 aliphatic carbocycles. The van der Waals surface area contributed by atoms with Gasteiger partial charge in [0, 0.05) is 6.04 Å². The molecule has 11 atom stereocenters. The van der Waals surface area contributed by atoms with Crippen LogP contribution in [0, 0.1) is 52.3 Å². The van der Waals surface area contributed by atoms with Crippen molar-refractivity contribution in [1.29, 1.82) is 0 Å². The van der Waals surface area contributed by atoms with Crippen LogP contribution in [0.5, 0.6) is 0 Å². The van der Waals surface area contributed by atoms with Crippen molar-refractivity contribution in [3.05, 3.63) is 0 Å². The van der Waals surface area contributed by atoms with E-state index in [0.29, 0.717) is 54.1 Å². The van der Waals surface area contributed by atoms with E-state index in [1.54, 1.807) is 0 Å². The van der Waals surface area contributed by atoms with Gasteiger partial charge in [-0.3, -0.25) is 0 Å². The molecule has 37 heavy (non-hydrogen) atoms. The van der Waals surface area contributed by atoms with Crippen molar-refractivity contribution in [3.63, 3.8) is 0 Å². The molecule has 0 bridgehead atoms. The quantitative estimate of drug-likeness (QED) is 0.366. The topological polar surface area (TPSA) is 78.8 Å². The van der Waals surface area contributed by atoms with Gasteiger partial charge in [-0.05, 0) is 116 Å². The van der Waals surface area contributed by atoms with Crippen molar-refractivity contribution < 1.29 is 19.7 Å². The lowest BCUT2D eigenvalue weighted by Crippen LogP contribution is -2.62. The summed E-state index contributed by atoms with van der Waals surface area (Å²) in [6.45, 7) is 10.2. The van der Waals surface area contributed by atoms with Gasteiger partial charge in [0.15, 0.2) is 0 Å². The molecule has 0 spiro atoms. The summed E-state index contributed by atoms with van der Waals surface area (Å²) in [6, 6.07) is 0.297. The first-order chi connectivity index (χ1) is 17.7. The molecular weight excluding hydrogens is 462 g/mol. The van der Waals surface area contributed by atoms with E-state index in [9.17, 15) is 15.0 Å². The predicted octanol–water partition coefficient (Wildman–Crippen LogP) is 6.70. The summed E-state index contributed by atoms with van der Waals surface area (Å²) in [5.41, 5.74) is 0.524. The number of aliphatic hydroxyl groups excluding tert-OH is 2. The Hall–Kier alpha value is -0.810. The SMILES string of the molecule is CC[C@H]1[C@@H](O)[C@@H]2[C@H](CC[C@]3(C)C([C@H](C)CCOC(=O)NC4CCCCC4)CC[C@@H]23)[C@@]2(C)CC[C@@H](O)C[C@@H]12. The van der Waals surface area contributed by atoms with Crippen LogP contribution in [0.15, 0.2) is 0 Å². The number of amides is 1. The zero-order chi connectivity index (χ0) is 26.4. The molecule has 5 rings (SSSR count). The van der Waals surface area contributed by atoms with Crippen LogP contribution in [0.4, 0.5) is 4.79 Å². The van der Waals surface area contributed by atoms with E-state index in [2.05, 4.69) is 33.0 Å². The standard InChI is InChI=1S/C32H55NO4/c1-5-23-27-19-22(34)13-16-32(27,4)26-14-17-31(3)24(11-12-25(31)28(26)29(23)35)20(2)15-18-37-30(36)33-21-9-7-6-8-10-21/h20-29,34-35H,5-19H2,1-4H3,(H,33,36)/t20-,22-,23-,24?,25+,26+,27+,28+,29-,31-,32-/m1/s1. The number of rotatable bonds is 6. The second kappa shape index (κ2) is 11.0. The van der Waals surface area contributed by atoms with Crippen molar-refractivity contribution in [1.82, 2.24) is 5.32 Å². The third-order valence-corrected chi connectivity index (χ3v) is 12.9. The van der Waals surface area contributed by atoms with Gasteiger partial charge in [-0.25, -0.2) is 4.79 Å². The second-order valence-electron chi connectivity index (χ2n) is 14.5. The van der Waals surface area contributed by atoms with Gasteiger partial charge < -0.3 is 20.3 Å². The monoisotopic (exact) mass is 517 g/mol. The maximum Gasteiger partial charge on any atom is 0.407 e. The lowest BCUT2D eigenvalue weighted by Gasteiger charge is -2.64. The van der Waals surface area contributed by atoms with Crippen molar-refractivity contribution in [2.24, 2.45) is 52.3 Å². The number of carbonyl (C=O) groups excluding carboxylic acids is 1. The molecule has 0 aliphatic heterocycles. The Morgan fingerprint density at radius 3 is 2.38 bits per heavy atom. The minimum atomic E-state index is -0.233. The van der Waals surface area contributed by atoms with E-state index in [4.69, 9.17) is 4.74 Å². The lowest BCUT2D eigenvalue weighted by atomic mass is 9.41. The maximum atomic E-state index is 12.3. The number of nitrogens with one attached hydrogen (secondary N) is 1. The minimum Gasteiger partial charge on any atom is -0.450 e. The van der Waals surface area contributed by atoms with Crippen LogP contribution in [-0.4, -0.2) is 41.2 Å². The maximum absolute atomic E-state index is 12.3. The van der Waals surface area contributed by atoms with Gasteiger partial charge in [0.25, 0.3) is 0 Å². The zero-order valence-electron chi connectivity index (χ0n) is 24.1. The summed E-state index contributed by atoms with van der Waals surface area (Å²) in [7, 11) is 0. The normalized spacial score (nSPS) is 46.9. The van der Waals surface area contributed by atoms with Gasteiger partial charge in [-0.15, -0.1) is 0 Å². The summed E-state index contributed by atoms with van der Waals surface area (Å²) < 4.78 is 5.65. The number of fused-ring (bicyclic) bond motifs is 5. The van der Waals surface area contributed by atoms with E-state index in [1.807, 2.05) is 0 Å². The summed E-state index contributed by atoms with van der Waals surface area (Å²) in [5, 5.41) is 25.5. The summed E-state index contributed by atoms with van der Waals surface area (Å²) in [5.74, 6) is 3.49. The first-order valence-corrected chi connectivity index (χ1v) is 16.0. The highest BCUT2D eigenvalue weighted by atomic mass is 16.5. The highest BCUT2D eigenvalue weighted by molar-refractivity contribution is 5.67. The number of ether oxygens (including phenoxy) is 1. The lowest BCUT2D eigenvalue weighted by molar-refractivity contribution is -0.203. The van der Waals surface area contributed by atoms with Crippen LogP contribution < -0.4 is 5.32 Å². The molecule has 5 nitrogen and oxygen atoms in total. The zero-order valence-corrected chi connectivity index (χ0v) is 24.1. The largest absolute Gasteiger partial charge is 0.450 e. The Balaban J connectivity index is 1.22. The number of hydrogen-bond donors (Lipinski definition) is 3. The van der Waals surface area contributed by atoms with Gasteiger partial charge in [0.2, 0.25) is 0 Å². The first-order valence-electron chi connectivity index (χ1n) is 16.0. The summed E-state index contributed by atoms with van der Waals surface area (Å²) >= 11 is 0. The number of aliphatic hydroxyl groups is 2. The van der Waals surface area contributed by atoms with Crippen molar-refractivity contribution in [2.75, 3.05) is 6.61 Å². The van der Waals surface area contributed by atoms with Crippen LogP contribution in [0.2, 0.25) is 0 Å². The van der Waals surface area contributed by atoms with Crippen LogP contribution in [-0.2, 0) is 4.74 Å². The Morgan fingerprint density at radius 2 is 1.65 bits per heavy atom. The molecule has 0 radical (unpaired) electrons. The average molecular weight is 518 g/mol. The Labute approximate surface area is 225 Å². The van der Waals surface area contributed by atoms with Crippen molar-refractivity contribution >= 4 is 6.09 Å². The van der Waals surface area contributed by atoms with Crippen molar-refractivity contribution in [2.45, 2.75) is 136 Å². The second-order valence-corrected chi connectivity index (χ2v) is 14.5. The van der Waals surface area contributed by atoms with Crippen LogP contribution in [0.25, 0.3) is 0 Å². The molecule has 5 aliphatic rings. The Kier molecular flexibility index (Phi) is 8.24. The highest BCUT2D eigenvalue weighted by Crippen LogP contribution is 2.69. The number of alkyl carbamates (subject to hydrolysis) is 1. The van der Waals surface area contributed by atoms with Gasteiger partial charge in [0.05, 0.1) is 18.8 Å². The third-order valence-electron chi connectivity index (χ3n) is 12.9. The molecule has 0 aromatic carbocycles. The van der Waals surface area contributed by atoms with Gasteiger partial charge in [0.1, 0.15) is 0 Å². The van der Waals surface area contributed by atoms with Gasteiger partial charge in [-0.2, -0.15) is 0 Å². The fourth-order valence-corrected chi connectivity index (χ4v) is 10.9. The van der Waals surface area contributed by atoms with Gasteiger partial charge in [-0.1, -0.05) is 53.4 Å².